The summed E-state index contributed by atoms with van der Waals surface area (Å²) in [7, 11) is 0. The number of hydrogen-bond acceptors (Lipinski definition) is 4. The molecule has 0 saturated carbocycles. The Morgan fingerprint density at radius 2 is 1.75 bits per heavy atom. The minimum atomic E-state index is -4.68. The number of aromatic nitrogens is 4. The smallest absolute Gasteiger partial charge is 0.306 e. The van der Waals surface area contributed by atoms with Gasteiger partial charge in [-0.2, -0.15) is 13.2 Å². The number of nitrogens with zero attached hydrogens (tertiary/aromatic N) is 4. The number of imidazole rings is 1. The molecule has 126 valence electrons. The second-order valence-corrected chi connectivity index (χ2v) is 7.09. The molecule has 0 unspecified atom stereocenters. The summed E-state index contributed by atoms with van der Waals surface area (Å²) in [6, 6.07) is 3.14. The topological polar surface area (TPSA) is 43.6 Å². The second kappa shape index (κ2) is 6.51. The van der Waals surface area contributed by atoms with Crippen LogP contribution in [0, 0.1) is 0 Å². The molecule has 0 saturated heterocycles. The third kappa shape index (κ3) is 3.51. The van der Waals surface area contributed by atoms with Crippen molar-refractivity contribution < 1.29 is 13.2 Å². The molecule has 3 aromatic rings. The average Bonchev–Trinajstić information content (AvgIpc) is 3.06. The summed E-state index contributed by atoms with van der Waals surface area (Å²) in [6.45, 7) is -0.0933. The Balaban J connectivity index is 2.11. The van der Waals surface area contributed by atoms with E-state index in [1.54, 1.807) is 12.1 Å². The minimum Gasteiger partial charge on any atom is -0.306 e. The lowest BCUT2D eigenvalue weighted by Crippen LogP contribution is -2.08. The summed E-state index contributed by atoms with van der Waals surface area (Å²) in [5.74, 6) is 0.291. The number of halogens is 6. The predicted molar refractivity (Wildman–Crippen MR) is 86.7 cm³/mol. The van der Waals surface area contributed by atoms with E-state index in [4.69, 9.17) is 34.8 Å². The SMILES string of the molecule is FC(F)(F)c1nc(-c2ccc(Cl)s2)n(Cc2ncc(Cl)cn2)c1Cl. The van der Waals surface area contributed by atoms with Crippen molar-refractivity contribution in [2.75, 3.05) is 0 Å². The summed E-state index contributed by atoms with van der Waals surface area (Å²) < 4.78 is 41.0. The predicted octanol–water partition coefficient (Wildman–Crippen LogP) is 5.43. The number of rotatable bonds is 3. The third-order valence-electron chi connectivity index (χ3n) is 2.94. The van der Waals surface area contributed by atoms with Gasteiger partial charge >= 0.3 is 6.18 Å². The highest BCUT2D eigenvalue weighted by molar-refractivity contribution is 7.19. The van der Waals surface area contributed by atoms with E-state index in [1.165, 1.54) is 17.0 Å². The molecule has 0 aliphatic carbocycles. The van der Waals surface area contributed by atoms with Crippen molar-refractivity contribution in [1.29, 1.82) is 0 Å². The van der Waals surface area contributed by atoms with Crippen LogP contribution in [0.3, 0.4) is 0 Å². The van der Waals surface area contributed by atoms with Gasteiger partial charge in [-0.3, -0.25) is 0 Å². The second-order valence-electron chi connectivity index (χ2n) is 4.58. The molecule has 0 aliphatic heterocycles. The Morgan fingerprint density at radius 3 is 2.29 bits per heavy atom. The molecule has 0 amide bonds. The highest BCUT2D eigenvalue weighted by Crippen LogP contribution is 2.39. The van der Waals surface area contributed by atoms with E-state index < -0.39 is 17.0 Å². The first-order valence-electron chi connectivity index (χ1n) is 6.31. The monoisotopic (exact) mass is 412 g/mol. The molecule has 3 rings (SSSR count). The molecular formula is C13H6Cl3F3N4S. The summed E-state index contributed by atoms with van der Waals surface area (Å²) in [6.07, 6.45) is -1.98. The molecule has 0 spiro atoms. The average molecular weight is 414 g/mol. The van der Waals surface area contributed by atoms with Gasteiger partial charge in [-0.15, -0.1) is 11.3 Å². The quantitative estimate of drug-likeness (QED) is 0.575. The van der Waals surface area contributed by atoms with Gasteiger partial charge in [0.25, 0.3) is 0 Å². The minimum absolute atomic E-state index is 0.0442. The van der Waals surface area contributed by atoms with Gasteiger partial charge in [0.05, 0.1) is 20.8 Å². The van der Waals surface area contributed by atoms with Gasteiger partial charge < -0.3 is 4.57 Å². The maximum atomic E-state index is 13.1. The molecule has 11 heteroatoms. The molecule has 0 aromatic carbocycles. The van der Waals surface area contributed by atoms with Crippen LogP contribution in [0.25, 0.3) is 10.7 Å². The van der Waals surface area contributed by atoms with E-state index in [9.17, 15) is 13.2 Å². The van der Waals surface area contributed by atoms with Crippen LogP contribution >= 0.6 is 46.1 Å². The molecule has 3 aromatic heterocycles. The zero-order valence-electron chi connectivity index (χ0n) is 11.5. The fourth-order valence-electron chi connectivity index (χ4n) is 1.94. The van der Waals surface area contributed by atoms with Gasteiger partial charge in [-0.05, 0) is 12.1 Å². The van der Waals surface area contributed by atoms with Gasteiger partial charge in [-0.1, -0.05) is 34.8 Å². The lowest BCUT2D eigenvalue weighted by Gasteiger charge is -2.07. The van der Waals surface area contributed by atoms with Crippen molar-refractivity contribution >= 4 is 46.1 Å². The van der Waals surface area contributed by atoms with Crippen molar-refractivity contribution in [3.05, 3.63) is 50.6 Å². The van der Waals surface area contributed by atoms with Crippen molar-refractivity contribution in [2.45, 2.75) is 12.7 Å². The highest BCUT2D eigenvalue weighted by atomic mass is 35.5. The molecule has 24 heavy (non-hydrogen) atoms. The summed E-state index contributed by atoms with van der Waals surface area (Å²) in [4.78, 5) is 12.0. The maximum absolute atomic E-state index is 13.1. The van der Waals surface area contributed by atoms with Gasteiger partial charge in [0.1, 0.15) is 11.0 Å². The van der Waals surface area contributed by atoms with Crippen molar-refractivity contribution in [2.24, 2.45) is 0 Å². The van der Waals surface area contributed by atoms with Crippen LogP contribution in [0.4, 0.5) is 13.2 Å². The van der Waals surface area contributed by atoms with Gasteiger partial charge in [0.2, 0.25) is 0 Å². The molecule has 0 N–H and O–H groups in total. The van der Waals surface area contributed by atoms with Gasteiger partial charge in [0, 0.05) is 12.4 Å². The zero-order valence-corrected chi connectivity index (χ0v) is 14.6. The van der Waals surface area contributed by atoms with Crippen LogP contribution in [0.1, 0.15) is 11.5 Å². The van der Waals surface area contributed by atoms with E-state index >= 15 is 0 Å². The van der Waals surface area contributed by atoms with Crippen LogP contribution in [0.2, 0.25) is 14.5 Å². The Labute approximate surface area is 152 Å². The standard InChI is InChI=1S/C13H6Cl3F3N4S/c14-6-3-20-9(21-4-6)5-23-11(16)10(13(17,18)19)22-12(23)7-1-2-8(15)24-7/h1-4H,5H2. The molecule has 0 atom stereocenters. The Kier molecular flexibility index (Phi) is 4.74. The maximum Gasteiger partial charge on any atom is 0.436 e. The van der Waals surface area contributed by atoms with E-state index in [1.807, 2.05) is 0 Å². The van der Waals surface area contributed by atoms with E-state index in [2.05, 4.69) is 15.0 Å². The molecular weight excluding hydrogens is 408 g/mol. The summed E-state index contributed by atoms with van der Waals surface area (Å²) in [5, 5.41) is -0.225. The van der Waals surface area contributed by atoms with Crippen molar-refractivity contribution in [3.63, 3.8) is 0 Å². The van der Waals surface area contributed by atoms with Crippen LogP contribution in [-0.4, -0.2) is 19.5 Å². The molecule has 3 heterocycles. The highest BCUT2D eigenvalue weighted by Gasteiger charge is 2.39. The third-order valence-corrected chi connectivity index (χ3v) is 4.75. The lowest BCUT2D eigenvalue weighted by molar-refractivity contribution is -0.140. The fourth-order valence-corrected chi connectivity index (χ4v) is 3.37. The molecule has 0 radical (unpaired) electrons. The largest absolute Gasteiger partial charge is 0.436 e. The van der Waals surface area contributed by atoms with Crippen LogP contribution < -0.4 is 0 Å². The zero-order chi connectivity index (χ0) is 17.5. The van der Waals surface area contributed by atoms with E-state index in [-0.39, 0.29) is 18.2 Å². The van der Waals surface area contributed by atoms with Crippen molar-refractivity contribution in [3.8, 4) is 10.7 Å². The number of alkyl halides is 3. The van der Waals surface area contributed by atoms with Gasteiger partial charge in [0.15, 0.2) is 11.5 Å². The van der Waals surface area contributed by atoms with E-state index in [0.29, 0.717) is 14.2 Å². The fraction of sp³-hybridized carbons (Fsp3) is 0.154. The number of thiophene rings is 1. The Morgan fingerprint density at radius 1 is 1.08 bits per heavy atom. The molecule has 0 fully saturated rings. The Hall–Kier alpha value is -1.35. The summed E-state index contributed by atoms with van der Waals surface area (Å²) in [5.41, 5.74) is -1.17. The first kappa shape index (κ1) is 17.5. The molecule has 4 nitrogen and oxygen atoms in total. The molecule has 0 aliphatic rings. The van der Waals surface area contributed by atoms with Crippen LogP contribution in [0.5, 0.6) is 0 Å². The summed E-state index contributed by atoms with van der Waals surface area (Å²) >= 11 is 18.6. The molecule has 0 bridgehead atoms. The first-order valence-corrected chi connectivity index (χ1v) is 8.26. The van der Waals surface area contributed by atoms with Crippen LogP contribution in [0.15, 0.2) is 24.5 Å². The normalized spacial score (nSPS) is 11.9. The van der Waals surface area contributed by atoms with Crippen LogP contribution in [-0.2, 0) is 12.7 Å². The van der Waals surface area contributed by atoms with Gasteiger partial charge in [-0.25, -0.2) is 15.0 Å². The lowest BCUT2D eigenvalue weighted by atomic mass is 10.4. The number of hydrogen-bond donors (Lipinski definition) is 0. The first-order chi connectivity index (χ1) is 11.3. The van der Waals surface area contributed by atoms with E-state index in [0.717, 1.165) is 11.3 Å². The van der Waals surface area contributed by atoms with Crippen molar-refractivity contribution in [1.82, 2.24) is 19.5 Å². The Bertz CT molecular complexity index is 874.